The van der Waals surface area contributed by atoms with Crippen molar-refractivity contribution in [1.82, 2.24) is 18.8 Å². The van der Waals surface area contributed by atoms with Gasteiger partial charge in [-0.15, -0.1) is 12.1 Å². The molecule has 5 nitrogen and oxygen atoms in total. The van der Waals surface area contributed by atoms with Gasteiger partial charge in [0.05, 0.1) is 22.7 Å². The van der Waals surface area contributed by atoms with Gasteiger partial charge in [0.1, 0.15) is 0 Å². The van der Waals surface area contributed by atoms with Gasteiger partial charge in [-0.1, -0.05) is 214 Å². The maximum Gasteiger partial charge on any atom is 2.00 e. The van der Waals surface area contributed by atoms with Crippen molar-refractivity contribution in [3.05, 3.63) is 179 Å². The van der Waals surface area contributed by atoms with Gasteiger partial charge in [-0.3, -0.25) is 9.97 Å². The van der Waals surface area contributed by atoms with Crippen LogP contribution in [0, 0.1) is 12.1 Å². The molecular weight excluding hydrogens is 1060 g/mol. The first kappa shape index (κ1) is 49.0. The number of pyridine rings is 2. The van der Waals surface area contributed by atoms with Gasteiger partial charge in [0, 0.05) is 46.1 Å². The van der Waals surface area contributed by atoms with Crippen LogP contribution >= 0.6 is 0 Å². The molecule has 0 N–H and O–H groups in total. The second-order valence-corrected chi connectivity index (χ2v) is 21.5. The number of para-hydroxylation sites is 1. The van der Waals surface area contributed by atoms with E-state index in [4.69, 9.17) is 14.7 Å². The fourth-order valence-electron chi connectivity index (χ4n) is 11.5. The molecule has 6 heteroatoms. The molecule has 364 valence electrons. The van der Waals surface area contributed by atoms with Crippen LogP contribution in [0.3, 0.4) is 0 Å². The monoisotopic (exact) mass is 1120 g/mol. The minimum Gasteiger partial charge on any atom is -0.497 e. The van der Waals surface area contributed by atoms with Crippen LogP contribution in [0.2, 0.25) is 0 Å². The summed E-state index contributed by atoms with van der Waals surface area (Å²) in [5.41, 5.74) is 19.2. The van der Waals surface area contributed by atoms with E-state index in [1.54, 1.807) is 0 Å². The van der Waals surface area contributed by atoms with Gasteiger partial charge in [-0.2, -0.15) is 0 Å². The Kier molecular flexibility index (Phi) is 13.0. The maximum absolute atomic E-state index is 6.86. The molecule has 0 spiro atoms. The Hall–Kier alpha value is -6.55. The number of hydrogen-bond acceptors (Lipinski definition) is 3. The summed E-state index contributed by atoms with van der Waals surface area (Å²) < 4.78 is 11.6. The molecule has 11 aromatic rings. The number of hydrogen-bond donors (Lipinski definition) is 0. The zero-order valence-corrected chi connectivity index (χ0v) is 46.0. The largest absolute Gasteiger partial charge is 2.00 e. The van der Waals surface area contributed by atoms with Crippen LogP contribution in [-0.2, 0) is 21.1 Å². The van der Waals surface area contributed by atoms with E-state index >= 15 is 0 Å². The molecule has 11 rings (SSSR count). The van der Waals surface area contributed by atoms with Crippen molar-refractivity contribution in [3.63, 3.8) is 0 Å². The number of benzene rings is 7. The smallest absolute Gasteiger partial charge is 0.497 e. The van der Waals surface area contributed by atoms with E-state index in [1.165, 1.54) is 55.6 Å². The second-order valence-electron chi connectivity index (χ2n) is 21.5. The maximum atomic E-state index is 6.86. The van der Waals surface area contributed by atoms with Crippen molar-refractivity contribution in [1.29, 1.82) is 0 Å². The second kappa shape index (κ2) is 19.1. The molecule has 72 heavy (non-hydrogen) atoms. The molecule has 7 aromatic carbocycles. The molecule has 0 fully saturated rings. The van der Waals surface area contributed by atoms with Crippen LogP contribution in [0.5, 0.6) is 11.5 Å². The molecule has 0 aliphatic carbocycles. The van der Waals surface area contributed by atoms with E-state index in [0.717, 1.165) is 66.0 Å². The van der Waals surface area contributed by atoms with Gasteiger partial charge in [0.2, 0.25) is 0 Å². The number of imidazole rings is 2. The van der Waals surface area contributed by atoms with Gasteiger partial charge in [0.15, 0.2) is 0 Å². The predicted molar refractivity (Wildman–Crippen MR) is 299 cm³/mol. The normalized spacial score (nSPS) is 12.2. The van der Waals surface area contributed by atoms with Crippen molar-refractivity contribution < 1.29 is 25.8 Å². The van der Waals surface area contributed by atoms with Crippen molar-refractivity contribution in [2.45, 2.75) is 119 Å². The Morgan fingerprint density at radius 3 is 1.19 bits per heavy atom. The zero-order chi connectivity index (χ0) is 49.6. The minimum absolute atomic E-state index is 0. The summed E-state index contributed by atoms with van der Waals surface area (Å²) in [7, 11) is 0. The molecule has 0 bridgehead atoms. The molecule has 0 amide bonds. The third-order valence-corrected chi connectivity index (χ3v) is 14.9. The first-order valence-corrected chi connectivity index (χ1v) is 25.8. The Bertz CT molecular complexity index is 3810. The van der Waals surface area contributed by atoms with Gasteiger partial charge in [-0.25, -0.2) is 0 Å². The van der Waals surface area contributed by atoms with Crippen LogP contribution in [0.15, 0.2) is 134 Å². The van der Waals surface area contributed by atoms with Gasteiger partial charge < -0.3 is 13.5 Å². The average molecular weight is 1120 g/mol. The van der Waals surface area contributed by atoms with Gasteiger partial charge in [-0.05, 0) is 103 Å². The van der Waals surface area contributed by atoms with Crippen LogP contribution in [0.25, 0.3) is 88.3 Å². The molecule has 0 saturated carbocycles. The standard InChI is InChI=1S/C66H64N4O.Pt/c1-37(2)46-19-15-20-47(38(3)4)62(46)43-26-29-55-53-31-28-45(34-57(53)66-68-36-61(70(66)59(55)32-43)64-50(41(9)10)23-17-24-51(64)42(11)12)71-44-27-30-52-54-18-13-14-25-58(54)69-60(35-67-65(69)56(52)33-44)63-48(39(5)6)21-16-22-49(63)40(7)8;/h13-32,35-42H,1-12H3;/q-2;+2. The number of ether oxygens (including phenoxy) is 1. The average Bonchev–Trinajstić information content (AvgIpc) is 4.02. The van der Waals surface area contributed by atoms with E-state index in [1.807, 2.05) is 12.1 Å². The molecule has 0 aliphatic heterocycles. The van der Waals surface area contributed by atoms with Gasteiger partial charge >= 0.3 is 21.1 Å². The fourth-order valence-corrected chi connectivity index (χ4v) is 11.5. The Morgan fingerprint density at radius 2 is 0.764 bits per heavy atom. The molecule has 4 aromatic heterocycles. The van der Waals surface area contributed by atoms with E-state index in [-0.39, 0.29) is 21.1 Å². The third kappa shape index (κ3) is 8.04. The summed E-state index contributed by atoms with van der Waals surface area (Å²) in [6.07, 6.45) is 4.15. The van der Waals surface area contributed by atoms with Crippen molar-refractivity contribution in [3.8, 4) is 45.1 Å². The number of nitrogens with zero attached hydrogens (tertiary/aromatic N) is 4. The van der Waals surface area contributed by atoms with E-state index in [9.17, 15) is 0 Å². The molecule has 0 atom stereocenters. The molecule has 0 saturated heterocycles. The van der Waals surface area contributed by atoms with E-state index < -0.39 is 0 Å². The third-order valence-electron chi connectivity index (χ3n) is 14.9. The van der Waals surface area contributed by atoms with Gasteiger partial charge in [0.25, 0.3) is 0 Å². The molecule has 0 unspecified atom stereocenters. The molecular formula is C66H64N4OPt. The number of rotatable bonds is 11. The number of aromatic nitrogens is 4. The fraction of sp³-hybridized carbons (Fsp3) is 0.273. The summed E-state index contributed by atoms with van der Waals surface area (Å²) in [6.45, 7) is 27.5. The summed E-state index contributed by atoms with van der Waals surface area (Å²) in [5, 5.41) is 6.26. The Balaban J connectivity index is 0.00000596. The quantitative estimate of drug-likeness (QED) is 0.0958. The summed E-state index contributed by atoms with van der Waals surface area (Å²) >= 11 is 0. The number of fused-ring (bicyclic) bond motifs is 12. The predicted octanol–water partition coefficient (Wildman–Crippen LogP) is 18.7. The van der Waals surface area contributed by atoms with E-state index in [2.05, 4.69) is 226 Å². The Morgan fingerprint density at radius 1 is 0.389 bits per heavy atom. The first-order chi connectivity index (χ1) is 34.2. The minimum atomic E-state index is 0. The first-order valence-electron chi connectivity index (χ1n) is 25.8. The van der Waals surface area contributed by atoms with Crippen LogP contribution < -0.4 is 4.74 Å². The van der Waals surface area contributed by atoms with Crippen LogP contribution in [-0.4, -0.2) is 18.8 Å². The van der Waals surface area contributed by atoms with E-state index in [0.29, 0.717) is 47.0 Å². The Labute approximate surface area is 439 Å². The van der Waals surface area contributed by atoms with Crippen LogP contribution in [0.1, 0.15) is 152 Å². The summed E-state index contributed by atoms with van der Waals surface area (Å²) in [5.74, 6) is 3.25. The van der Waals surface area contributed by atoms with Crippen LogP contribution in [0.4, 0.5) is 0 Å². The molecule has 4 heterocycles. The summed E-state index contributed by atoms with van der Waals surface area (Å²) in [4.78, 5) is 10.5. The molecule has 0 aliphatic rings. The summed E-state index contributed by atoms with van der Waals surface area (Å²) in [6, 6.07) is 52.0. The van der Waals surface area contributed by atoms with Crippen molar-refractivity contribution in [2.75, 3.05) is 0 Å². The molecule has 0 radical (unpaired) electrons. The SMILES string of the molecule is CC(C)c1cccc(C(C)C)c1-c1ccc2c3ccc(Oc4[c-]c5c(cc4)c4ccccc4n4c(-c6c(C(C)C)cccc6C(C)C)cnc54)[c-]c3c3ncc(-c4c(C(C)C)cccc4C(C)C)n3c2c1.[Pt+2]. The van der Waals surface area contributed by atoms with Crippen molar-refractivity contribution >= 4 is 54.6 Å². The van der Waals surface area contributed by atoms with Crippen molar-refractivity contribution in [2.24, 2.45) is 0 Å². The zero-order valence-electron chi connectivity index (χ0n) is 43.7. The topological polar surface area (TPSA) is 43.8 Å².